The highest BCUT2D eigenvalue weighted by atomic mass is 32.1. The average molecular weight is 623 g/mol. The number of aromatic nitrogens is 3. The van der Waals surface area contributed by atoms with Gasteiger partial charge in [0.05, 0.1) is 32.4 Å². The molecule has 4 aromatic rings. The second-order valence-corrected chi connectivity index (χ2v) is 13.0. The van der Waals surface area contributed by atoms with Crippen LogP contribution in [0, 0.1) is 17.1 Å². The molecule has 3 fully saturated rings. The molecule has 1 aromatic carbocycles. The van der Waals surface area contributed by atoms with Crippen molar-refractivity contribution in [1.29, 1.82) is 5.26 Å². The van der Waals surface area contributed by atoms with E-state index in [1.54, 1.807) is 6.20 Å². The number of rotatable bonds is 7. The van der Waals surface area contributed by atoms with Crippen molar-refractivity contribution in [2.45, 2.75) is 57.0 Å². The number of nitrogens with two attached hydrogens (primary N) is 1. The number of hydrogen-bond donors (Lipinski definition) is 2. The number of nitrogen functional groups attached to an aromatic ring is 1. The fourth-order valence-corrected chi connectivity index (χ4v) is 8.16. The lowest BCUT2D eigenvalue weighted by atomic mass is 9.95. The zero-order chi connectivity index (χ0) is 30.6. The van der Waals surface area contributed by atoms with E-state index in [0.29, 0.717) is 53.7 Å². The molecule has 3 aromatic heterocycles. The molecule has 0 radical (unpaired) electrons. The van der Waals surface area contributed by atoms with Gasteiger partial charge in [0.2, 0.25) is 0 Å². The first-order valence-electron chi connectivity index (χ1n) is 15.0. The van der Waals surface area contributed by atoms with Gasteiger partial charge in [-0.1, -0.05) is 6.92 Å². The number of anilines is 2. The SMILES string of the molecule is CCC1CN(c2nc(OC[C@@]34CCCN3C[C@H](F)C4)nc3c(CF)c(-c4ccc(F)c5sc(N)c(C#N)c45)ncc23)CCN1. The van der Waals surface area contributed by atoms with Gasteiger partial charge in [-0.05, 0) is 37.9 Å². The molecule has 6 heterocycles. The van der Waals surface area contributed by atoms with Crippen molar-refractivity contribution in [2.24, 2.45) is 0 Å². The number of alkyl halides is 2. The number of nitrogens with one attached hydrogen (secondary N) is 1. The highest BCUT2D eigenvalue weighted by Gasteiger charge is 2.49. The van der Waals surface area contributed by atoms with Crippen molar-refractivity contribution in [3.63, 3.8) is 0 Å². The van der Waals surface area contributed by atoms with Crippen LogP contribution in [0.4, 0.5) is 24.0 Å². The predicted octanol–water partition coefficient (Wildman–Crippen LogP) is 5.11. The Kier molecular flexibility index (Phi) is 7.46. The molecule has 3 aliphatic heterocycles. The number of nitrogens with zero attached hydrogens (tertiary/aromatic N) is 6. The highest BCUT2D eigenvalue weighted by Crippen LogP contribution is 2.44. The molecule has 3 saturated heterocycles. The van der Waals surface area contributed by atoms with Gasteiger partial charge in [0.1, 0.15) is 42.2 Å². The number of ether oxygens (including phenoxy) is 1. The minimum atomic E-state index is -0.920. The molecular weight excluding hydrogens is 589 g/mol. The van der Waals surface area contributed by atoms with Crippen LogP contribution in [0.3, 0.4) is 0 Å². The maximum Gasteiger partial charge on any atom is 0.319 e. The summed E-state index contributed by atoms with van der Waals surface area (Å²) in [5.74, 6) is 0.0767. The van der Waals surface area contributed by atoms with Crippen molar-refractivity contribution < 1.29 is 17.9 Å². The Morgan fingerprint density at radius 2 is 2.14 bits per heavy atom. The van der Waals surface area contributed by atoms with Crippen molar-refractivity contribution in [3.05, 3.63) is 35.3 Å². The van der Waals surface area contributed by atoms with Crippen LogP contribution in [0.1, 0.15) is 43.7 Å². The molecule has 9 nitrogen and oxygen atoms in total. The van der Waals surface area contributed by atoms with E-state index in [1.165, 1.54) is 12.1 Å². The van der Waals surface area contributed by atoms with Gasteiger partial charge in [-0.25, -0.2) is 13.2 Å². The number of pyridine rings is 1. The van der Waals surface area contributed by atoms with Gasteiger partial charge in [-0.2, -0.15) is 15.2 Å². The van der Waals surface area contributed by atoms with Gasteiger partial charge in [-0.3, -0.25) is 9.88 Å². The first kappa shape index (κ1) is 29.0. The van der Waals surface area contributed by atoms with Crippen LogP contribution >= 0.6 is 11.3 Å². The zero-order valence-corrected chi connectivity index (χ0v) is 25.2. The van der Waals surface area contributed by atoms with Crippen LogP contribution in [-0.4, -0.2) is 76.9 Å². The van der Waals surface area contributed by atoms with E-state index in [1.807, 2.05) is 0 Å². The third-order valence-electron chi connectivity index (χ3n) is 9.40. The summed E-state index contributed by atoms with van der Waals surface area (Å²) in [5.41, 5.74) is 6.97. The van der Waals surface area contributed by atoms with E-state index in [0.717, 1.165) is 43.7 Å². The van der Waals surface area contributed by atoms with Crippen molar-refractivity contribution >= 4 is 43.1 Å². The molecule has 0 aliphatic carbocycles. The van der Waals surface area contributed by atoms with E-state index >= 15 is 4.39 Å². The number of halogens is 3. The summed E-state index contributed by atoms with van der Waals surface area (Å²) >= 11 is 0.977. The summed E-state index contributed by atoms with van der Waals surface area (Å²) in [7, 11) is 0. The van der Waals surface area contributed by atoms with Crippen molar-refractivity contribution in [1.82, 2.24) is 25.2 Å². The van der Waals surface area contributed by atoms with Crippen LogP contribution in [-0.2, 0) is 6.67 Å². The fraction of sp³-hybridized carbons (Fsp3) is 0.484. The molecule has 0 saturated carbocycles. The number of piperazine rings is 1. The molecule has 3 N–H and O–H groups in total. The number of nitriles is 1. The first-order valence-corrected chi connectivity index (χ1v) is 15.8. The second-order valence-electron chi connectivity index (χ2n) is 11.9. The second kappa shape index (κ2) is 11.3. The van der Waals surface area contributed by atoms with Crippen molar-refractivity contribution in [2.75, 3.05) is 50.0 Å². The first-order chi connectivity index (χ1) is 21.4. The molecule has 230 valence electrons. The number of hydrogen-bond acceptors (Lipinski definition) is 10. The summed E-state index contributed by atoms with van der Waals surface area (Å²) in [4.78, 5) is 18.6. The standard InChI is InChI=1S/C31H33F3N8OS/c1-2-18-15-41(9-7-37-18)29-22-13-38-25(19-4-5-23(34)27-24(19)21(12-35)28(36)44-27)20(11-32)26(22)39-30(40-29)43-16-31-6-3-8-42(31)14-17(33)10-31/h4-5,13,17-18,37H,2-3,6-11,14-16,36H2,1H3/t17-,18?,31+/m1/s1. The molecule has 1 unspecified atom stereocenters. The molecule has 7 rings (SSSR count). The lowest BCUT2D eigenvalue weighted by Gasteiger charge is -2.35. The van der Waals surface area contributed by atoms with Gasteiger partial charge in [0.15, 0.2) is 0 Å². The van der Waals surface area contributed by atoms with E-state index < -0.39 is 24.2 Å². The Bertz CT molecular complexity index is 1790. The van der Waals surface area contributed by atoms with E-state index in [2.05, 4.69) is 33.1 Å². The molecule has 0 amide bonds. The van der Waals surface area contributed by atoms with E-state index in [-0.39, 0.29) is 45.2 Å². The molecule has 3 aliphatic rings. The molecule has 3 atom stereocenters. The smallest absolute Gasteiger partial charge is 0.319 e. The molecular formula is C31H33F3N8OS. The van der Waals surface area contributed by atoms with Gasteiger partial charge in [0, 0.05) is 61.4 Å². The third kappa shape index (κ3) is 4.71. The summed E-state index contributed by atoms with van der Waals surface area (Å²) in [6.45, 7) is 4.78. The number of benzene rings is 1. The molecule has 13 heteroatoms. The van der Waals surface area contributed by atoms with Gasteiger partial charge >= 0.3 is 6.01 Å². The minimum Gasteiger partial charge on any atom is -0.461 e. The zero-order valence-electron chi connectivity index (χ0n) is 24.4. The molecule has 0 bridgehead atoms. The van der Waals surface area contributed by atoms with Crippen LogP contribution in [0.5, 0.6) is 6.01 Å². The minimum absolute atomic E-state index is 0.0937. The maximum absolute atomic E-state index is 15.2. The topological polar surface area (TPSA) is 116 Å². The van der Waals surface area contributed by atoms with Gasteiger partial charge in [-0.15, -0.1) is 11.3 Å². The van der Waals surface area contributed by atoms with Crippen LogP contribution < -0.4 is 20.7 Å². The summed E-state index contributed by atoms with van der Waals surface area (Å²) in [5, 5.41) is 14.4. The van der Waals surface area contributed by atoms with Crippen LogP contribution in [0.15, 0.2) is 18.3 Å². The Labute approximate surface area is 256 Å². The number of thiophene rings is 1. The van der Waals surface area contributed by atoms with Crippen molar-refractivity contribution in [3.8, 4) is 23.3 Å². The summed E-state index contributed by atoms with van der Waals surface area (Å²) in [6, 6.07) is 5.19. The monoisotopic (exact) mass is 622 g/mol. The molecule has 44 heavy (non-hydrogen) atoms. The highest BCUT2D eigenvalue weighted by molar-refractivity contribution is 7.23. The summed E-state index contributed by atoms with van der Waals surface area (Å²) in [6.07, 6.45) is 3.85. The predicted molar refractivity (Wildman–Crippen MR) is 165 cm³/mol. The van der Waals surface area contributed by atoms with Crippen LogP contribution in [0.2, 0.25) is 0 Å². The molecule has 0 spiro atoms. The van der Waals surface area contributed by atoms with Gasteiger partial charge < -0.3 is 20.7 Å². The normalized spacial score (nSPS) is 23.8. The quantitative estimate of drug-likeness (QED) is 0.290. The number of fused-ring (bicyclic) bond motifs is 3. The fourth-order valence-electron chi connectivity index (χ4n) is 7.21. The lowest BCUT2D eigenvalue weighted by molar-refractivity contribution is 0.107. The maximum atomic E-state index is 15.2. The van der Waals surface area contributed by atoms with E-state index in [4.69, 9.17) is 20.4 Å². The average Bonchev–Trinajstić information content (AvgIpc) is 3.68. The Morgan fingerprint density at radius 1 is 1.27 bits per heavy atom. The van der Waals surface area contributed by atoms with E-state index in [9.17, 15) is 14.0 Å². The lowest BCUT2D eigenvalue weighted by Crippen LogP contribution is -2.50. The van der Waals surface area contributed by atoms with Gasteiger partial charge in [0.25, 0.3) is 0 Å². The third-order valence-corrected chi connectivity index (χ3v) is 10.4. The largest absolute Gasteiger partial charge is 0.461 e. The van der Waals surface area contributed by atoms with Crippen LogP contribution in [0.25, 0.3) is 32.2 Å². The Balaban J connectivity index is 1.39. The Hall–Kier alpha value is -3.73. The Morgan fingerprint density at radius 3 is 2.93 bits per heavy atom. The summed E-state index contributed by atoms with van der Waals surface area (Å²) < 4.78 is 50.9.